The molecule has 1 heterocycles. The summed E-state index contributed by atoms with van der Waals surface area (Å²) in [5, 5.41) is 3.17. The Bertz CT molecular complexity index is 584. The highest BCUT2D eigenvalue weighted by Gasteiger charge is 2.28. The van der Waals surface area contributed by atoms with Gasteiger partial charge >= 0.3 is 6.09 Å². The first-order valence-electron chi connectivity index (χ1n) is 8.41. The second kappa shape index (κ2) is 6.60. The van der Waals surface area contributed by atoms with Gasteiger partial charge in [0.25, 0.3) is 5.91 Å². The fourth-order valence-electron chi connectivity index (χ4n) is 3.46. The first-order valence-corrected chi connectivity index (χ1v) is 8.41. The van der Waals surface area contributed by atoms with E-state index >= 15 is 0 Å². The van der Waals surface area contributed by atoms with E-state index in [1.807, 2.05) is 0 Å². The Kier molecular flexibility index (Phi) is 4.55. The lowest BCUT2D eigenvalue weighted by Crippen LogP contribution is -2.43. The van der Waals surface area contributed by atoms with Crippen molar-refractivity contribution in [1.29, 1.82) is 0 Å². The molecule has 0 aromatic heterocycles. The molecule has 2 aliphatic rings. The Morgan fingerprint density at radius 1 is 1.22 bits per heavy atom. The fourth-order valence-corrected chi connectivity index (χ4v) is 3.46. The minimum absolute atomic E-state index is 0.0356. The predicted molar refractivity (Wildman–Crippen MR) is 88.6 cm³/mol. The molecule has 23 heavy (non-hydrogen) atoms. The molecule has 1 saturated carbocycles. The first-order chi connectivity index (χ1) is 11.1. The van der Waals surface area contributed by atoms with Crippen molar-refractivity contribution in [2.24, 2.45) is 11.8 Å². The molecule has 0 radical (unpaired) electrons. The van der Waals surface area contributed by atoms with Crippen LogP contribution in [0, 0.1) is 11.8 Å². The van der Waals surface area contributed by atoms with E-state index in [9.17, 15) is 9.59 Å². The van der Waals surface area contributed by atoms with Crippen molar-refractivity contribution in [2.75, 3.05) is 18.1 Å². The molecule has 3 unspecified atom stereocenters. The van der Waals surface area contributed by atoms with E-state index in [4.69, 9.17) is 4.74 Å². The second-order valence-electron chi connectivity index (χ2n) is 6.66. The summed E-state index contributed by atoms with van der Waals surface area (Å²) in [5.41, 5.74) is 1.40. The number of hydrogen-bond donors (Lipinski definition) is 1. The molecule has 1 N–H and O–H groups in total. The quantitative estimate of drug-likeness (QED) is 0.931. The lowest BCUT2D eigenvalue weighted by atomic mass is 9.78. The lowest BCUT2D eigenvalue weighted by Gasteiger charge is -2.34. The molecule has 1 aromatic carbocycles. The maximum atomic E-state index is 12.4. The SMILES string of the molecule is CC1CCCC(NC(=O)c2ccc(N3CCOC3=O)cc2)C1C. The zero-order valence-electron chi connectivity index (χ0n) is 13.7. The average molecular weight is 316 g/mol. The number of amides is 2. The van der Waals surface area contributed by atoms with Crippen LogP contribution in [0.5, 0.6) is 0 Å². The number of carbonyl (C=O) groups excluding carboxylic acids is 2. The summed E-state index contributed by atoms with van der Waals surface area (Å²) in [7, 11) is 0. The molecule has 5 heteroatoms. The fraction of sp³-hybridized carbons (Fsp3) is 0.556. The molecule has 1 aliphatic carbocycles. The number of cyclic esters (lactones) is 1. The molecule has 2 amide bonds. The summed E-state index contributed by atoms with van der Waals surface area (Å²) in [4.78, 5) is 25.6. The molecular weight excluding hydrogens is 292 g/mol. The van der Waals surface area contributed by atoms with Crippen molar-refractivity contribution in [3.05, 3.63) is 29.8 Å². The van der Waals surface area contributed by atoms with Gasteiger partial charge in [0.05, 0.1) is 6.54 Å². The van der Waals surface area contributed by atoms with E-state index in [0.29, 0.717) is 30.6 Å². The van der Waals surface area contributed by atoms with Gasteiger partial charge < -0.3 is 10.1 Å². The van der Waals surface area contributed by atoms with Gasteiger partial charge in [-0.1, -0.05) is 26.7 Å². The third-order valence-corrected chi connectivity index (χ3v) is 5.23. The topological polar surface area (TPSA) is 58.6 Å². The predicted octanol–water partition coefficient (Wildman–Crippen LogP) is 3.20. The molecule has 1 saturated heterocycles. The molecule has 5 nitrogen and oxygen atoms in total. The molecule has 2 fully saturated rings. The van der Waals surface area contributed by atoms with Gasteiger partial charge in [0, 0.05) is 17.3 Å². The van der Waals surface area contributed by atoms with Crippen LogP contribution in [0.25, 0.3) is 0 Å². The molecule has 124 valence electrons. The monoisotopic (exact) mass is 316 g/mol. The van der Waals surface area contributed by atoms with Crippen molar-refractivity contribution in [3.8, 4) is 0 Å². The van der Waals surface area contributed by atoms with Gasteiger partial charge in [-0.3, -0.25) is 9.69 Å². The van der Waals surface area contributed by atoms with Crippen LogP contribution in [0.4, 0.5) is 10.5 Å². The number of nitrogens with one attached hydrogen (secondary N) is 1. The summed E-state index contributed by atoms with van der Waals surface area (Å²) < 4.78 is 4.93. The largest absolute Gasteiger partial charge is 0.447 e. The van der Waals surface area contributed by atoms with Gasteiger partial charge in [-0.25, -0.2) is 4.79 Å². The van der Waals surface area contributed by atoms with E-state index < -0.39 is 0 Å². The highest BCUT2D eigenvalue weighted by atomic mass is 16.6. The van der Waals surface area contributed by atoms with Gasteiger partial charge in [-0.15, -0.1) is 0 Å². The van der Waals surface area contributed by atoms with Gasteiger partial charge in [0.15, 0.2) is 0 Å². The number of carbonyl (C=O) groups is 2. The van der Waals surface area contributed by atoms with Crippen molar-refractivity contribution < 1.29 is 14.3 Å². The van der Waals surface area contributed by atoms with E-state index in [1.54, 1.807) is 29.2 Å². The number of nitrogens with zero attached hydrogens (tertiary/aromatic N) is 1. The van der Waals surface area contributed by atoms with E-state index in [-0.39, 0.29) is 18.0 Å². The smallest absolute Gasteiger partial charge is 0.414 e. The zero-order chi connectivity index (χ0) is 16.4. The van der Waals surface area contributed by atoms with E-state index in [1.165, 1.54) is 12.8 Å². The molecule has 3 atom stereocenters. The summed E-state index contributed by atoms with van der Waals surface area (Å²) in [6.45, 7) is 5.45. The summed E-state index contributed by atoms with van der Waals surface area (Å²) in [6, 6.07) is 7.39. The Labute approximate surface area is 137 Å². The van der Waals surface area contributed by atoms with Crippen LogP contribution in [-0.2, 0) is 4.74 Å². The molecule has 0 bridgehead atoms. The molecule has 1 aliphatic heterocycles. The molecule has 1 aromatic rings. The molecular formula is C18H24N2O3. The van der Waals surface area contributed by atoms with E-state index in [2.05, 4.69) is 19.2 Å². The minimum Gasteiger partial charge on any atom is -0.447 e. The number of anilines is 1. The number of benzene rings is 1. The Balaban J connectivity index is 1.64. The Hall–Kier alpha value is -2.04. The van der Waals surface area contributed by atoms with Crippen LogP contribution >= 0.6 is 0 Å². The highest BCUT2D eigenvalue weighted by Crippen LogP contribution is 2.29. The third kappa shape index (κ3) is 3.33. The van der Waals surface area contributed by atoms with Gasteiger partial charge in [-0.05, 0) is 42.5 Å². The van der Waals surface area contributed by atoms with Gasteiger partial charge in [0.2, 0.25) is 0 Å². The third-order valence-electron chi connectivity index (χ3n) is 5.23. The molecule has 3 rings (SSSR count). The number of hydrogen-bond acceptors (Lipinski definition) is 3. The van der Waals surface area contributed by atoms with Gasteiger partial charge in [0.1, 0.15) is 6.61 Å². The zero-order valence-corrected chi connectivity index (χ0v) is 13.7. The first kappa shape index (κ1) is 15.8. The number of ether oxygens (including phenoxy) is 1. The van der Waals surface area contributed by atoms with E-state index in [0.717, 1.165) is 12.1 Å². The average Bonchev–Trinajstić information content (AvgIpc) is 2.98. The van der Waals surface area contributed by atoms with Crippen LogP contribution < -0.4 is 10.2 Å². The normalized spacial score (nSPS) is 27.7. The standard InChI is InChI=1S/C18H24N2O3/c1-12-4-3-5-16(13(12)2)19-17(21)14-6-8-15(9-7-14)20-10-11-23-18(20)22/h6-9,12-13,16H,3-5,10-11H2,1-2H3,(H,19,21). The summed E-state index contributed by atoms with van der Waals surface area (Å²) in [5.74, 6) is 1.12. The van der Waals surface area contributed by atoms with Crippen molar-refractivity contribution in [2.45, 2.75) is 39.2 Å². The maximum Gasteiger partial charge on any atom is 0.414 e. The molecule has 0 spiro atoms. The van der Waals surface area contributed by atoms with Crippen LogP contribution in [-0.4, -0.2) is 31.2 Å². The van der Waals surface area contributed by atoms with Gasteiger partial charge in [-0.2, -0.15) is 0 Å². The Morgan fingerprint density at radius 2 is 1.96 bits per heavy atom. The summed E-state index contributed by atoms with van der Waals surface area (Å²) in [6.07, 6.45) is 3.14. The number of rotatable bonds is 3. The minimum atomic E-state index is -0.327. The summed E-state index contributed by atoms with van der Waals surface area (Å²) >= 11 is 0. The second-order valence-corrected chi connectivity index (χ2v) is 6.66. The maximum absolute atomic E-state index is 12.4. The van der Waals surface area contributed by atoms with Crippen molar-refractivity contribution >= 4 is 17.7 Å². The van der Waals surface area contributed by atoms with Crippen LogP contribution in [0.3, 0.4) is 0 Å². The van der Waals surface area contributed by atoms with Crippen molar-refractivity contribution in [3.63, 3.8) is 0 Å². The Morgan fingerprint density at radius 3 is 2.61 bits per heavy atom. The highest BCUT2D eigenvalue weighted by molar-refractivity contribution is 5.95. The van der Waals surface area contributed by atoms with Crippen molar-refractivity contribution in [1.82, 2.24) is 5.32 Å². The lowest BCUT2D eigenvalue weighted by molar-refractivity contribution is 0.0891. The van der Waals surface area contributed by atoms with Crippen LogP contribution in [0.2, 0.25) is 0 Å². The van der Waals surface area contributed by atoms with Crippen LogP contribution in [0.1, 0.15) is 43.5 Å². The van der Waals surface area contributed by atoms with Crippen LogP contribution in [0.15, 0.2) is 24.3 Å².